The van der Waals surface area contributed by atoms with Gasteiger partial charge in [0.05, 0.1) is 6.54 Å². The SMILES string of the molecule is NC(N)=NCCNC(=S)OCc1ccc2ccccc2c1. The zero-order valence-corrected chi connectivity index (χ0v) is 12.4. The summed E-state index contributed by atoms with van der Waals surface area (Å²) in [5.41, 5.74) is 11.5. The number of benzene rings is 2. The number of thiocarbonyl (C=S) groups is 1. The Hall–Kier alpha value is -2.34. The van der Waals surface area contributed by atoms with E-state index in [4.69, 9.17) is 28.4 Å². The minimum Gasteiger partial charge on any atom is -0.466 e. The van der Waals surface area contributed by atoms with Crippen molar-refractivity contribution in [1.29, 1.82) is 0 Å². The number of ether oxygens (including phenoxy) is 1. The number of nitrogens with one attached hydrogen (secondary N) is 1. The first-order chi connectivity index (χ1) is 10.1. The summed E-state index contributed by atoms with van der Waals surface area (Å²) < 4.78 is 5.49. The van der Waals surface area contributed by atoms with E-state index in [1.54, 1.807) is 0 Å². The lowest BCUT2D eigenvalue weighted by Crippen LogP contribution is -2.28. The molecule has 0 heterocycles. The van der Waals surface area contributed by atoms with Gasteiger partial charge >= 0.3 is 0 Å². The van der Waals surface area contributed by atoms with Crippen LogP contribution >= 0.6 is 12.2 Å². The summed E-state index contributed by atoms with van der Waals surface area (Å²) in [4.78, 5) is 3.84. The summed E-state index contributed by atoms with van der Waals surface area (Å²) in [6.45, 7) is 1.43. The Morgan fingerprint density at radius 3 is 2.67 bits per heavy atom. The standard InChI is InChI=1S/C15H18N4OS/c16-14(17)18-7-8-19-15(21)20-10-11-5-6-12-3-1-2-4-13(12)9-11/h1-6,9H,7-8,10H2,(H,19,21)(H4,16,17,18). The zero-order chi connectivity index (χ0) is 15.1. The summed E-state index contributed by atoms with van der Waals surface area (Å²) >= 11 is 5.08. The molecule has 0 aliphatic heterocycles. The number of hydrogen-bond donors (Lipinski definition) is 3. The number of rotatable bonds is 5. The van der Waals surface area contributed by atoms with Crippen LogP contribution in [0.2, 0.25) is 0 Å². The average Bonchev–Trinajstić information content (AvgIpc) is 2.49. The van der Waals surface area contributed by atoms with Crippen molar-refractivity contribution in [2.24, 2.45) is 16.5 Å². The quantitative estimate of drug-likeness (QED) is 0.337. The van der Waals surface area contributed by atoms with Crippen LogP contribution in [0.5, 0.6) is 0 Å². The largest absolute Gasteiger partial charge is 0.466 e. The third kappa shape index (κ3) is 4.92. The molecule has 0 fully saturated rings. The van der Waals surface area contributed by atoms with Crippen molar-refractivity contribution < 1.29 is 4.74 Å². The molecule has 0 atom stereocenters. The van der Waals surface area contributed by atoms with Gasteiger partial charge in [-0.1, -0.05) is 36.4 Å². The van der Waals surface area contributed by atoms with E-state index in [1.165, 1.54) is 10.8 Å². The van der Waals surface area contributed by atoms with Gasteiger partial charge in [-0.25, -0.2) is 0 Å². The van der Waals surface area contributed by atoms with Crippen LogP contribution in [0.3, 0.4) is 0 Å². The number of nitrogens with zero attached hydrogens (tertiary/aromatic N) is 1. The lowest BCUT2D eigenvalue weighted by molar-refractivity contribution is 0.287. The summed E-state index contributed by atoms with van der Waals surface area (Å²) in [6.07, 6.45) is 0. The van der Waals surface area contributed by atoms with Gasteiger partial charge in [-0.05, 0) is 34.6 Å². The van der Waals surface area contributed by atoms with Crippen molar-refractivity contribution >= 4 is 34.1 Å². The molecular weight excluding hydrogens is 284 g/mol. The van der Waals surface area contributed by atoms with Crippen LogP contribution in [0, 0.1) is 0 Å². The third-order valence-corrected chi connectivity index (χ3v) is 3.12. The van der Waals surface area contributed by atoms with Gasteiger partial charge in [0.2, 0.25) is 0 Å². The van der Waals surface area contributed by atoms with E-state index in [0.717, 1.165) is 5.56 Å². The Morgan fingerprint density at radius 1 is 1.14 bits per heavy atom. The van der Waals surface area contributed by atoms with Crippen LogP contribution in [-0.2, 0) is 11.3 Å². The van der Waals surface area contributed by atoms with Gasteiger partial charge < -0.3 is 21.5 Å². The van der Waals surface area contributed by atoms with Gasteiger partial charge in [0.1, 0.15) is 6.61 Å². The lowest BCUT2D eigenvalue weighted by Gasteiger charge is -2.09. The average molecular weight is 302 g/mol. The Morgan fingerprint density at radius 2 is 1.90 bits per heavy atom. The van der Waals surface area contributed by atoms with Crippen molar-refractivity contribution in [2.75, 3.05) is 13.1 Å². The summed E-state index contributed by atoms with van der Waals surface area (Å²) in [5, 5.41) is 5.67. The monoisotopic (exact) mass is 302 g/mol. The number of hydrogen-bond acceptors (Lipinski definition) is 3. The first-order valence-corrected chi connectivity index (χ1v) is 6.99. The predicted octanol–water partition coefficient (Wildman–Crippen LogP) is 1.50. The maximum absolute atomic E-state index is 5.49. The highest BCUT2D eigenvalue weighted by Crippen LogP contribution is 2.16. The summed E-state index contributed by atoms with van der Waals surface area (Å²) in [7, 11) is 0. The van der Waals surface area contributed by atoms with E-state index >= 15 is 0 Å². The minimum absolute atomic E-state index is 0.0693. The smallest absolute Gasteiger partial charge is 0.257 e. The molecule has 5 N–H and O–H groups in total. The number of guanidine groups is 1. The highest BCUT2D eigenvalue weighted by Gasteiger charge is 2.00. The topological polar surface area (TPSA) is 85.7 Å². The molecule has 2 rings (SSSR count). The van der Waals surface area contributed by atoms with E-state index in [0.29, 0.717) is 24.9 Å². The van der Waals surface area contributed by atoms with Gasteiger partial charge in [-0.15, -0.1) is 0 Å². The Balaban J connectivity index is 1.81. The molecule has 0 spiro atoms. The normalized spacial score (nSPS) is 10.1. The van der Waals surface area contributed by atoms with Crippen LogP contribution in [0.15, 0.2) is 47.5 Å². The molecule has 0 unspecified atom stereocenters. The zero-order valence-electron chi connectivity index (χ0n) is 11.6. The molecule has 5 nitrogen and oxygen atoms in total. The van der Waals surface area contributed by atoms with Crippen molar-refractivity contribution in [2.45, 2.75) is 6.61 Å². The summed E-state index contributed by atoms with van der Waals surface area (Å²) in [5.74, 6) is 0.0693. The van der Waals surface area contributed by atoms with Gasteiger partial charge in [-0.3, -0.25) is 4.99 Å². The maximum atomic E-state index is 5.49. The van der Waals surface area contributed by atoms with Gasteiger partial charge in [0.15, 0.2) is 5.96 Å². The number of nitrogens with two attached hydrogens (primary N) is 2. The molecule has 0 saturated carbocycles. The van der Waals surface area contributed by atoms with E-state index < -0.39 is 0 Å². The van der Waals surface area contributed by atoms with E-state index in [1.807, 2.05) is 18.2 Å². The first-order valence-electron chi connectivity index (χ1n) is 6.59. The molecule has 0 aliphatic rings. The number of aliphatic imine (C=N–C) groups is 1. The van der Waals surface area contributed by atoms with E-state index in [9.17, 15) is 0 Å². The highest BCUT2D eigenvalue weighted by atomic mass is 32.1. The van der Waals surface area contributed by atoms with Crippen LogP contribution in [-0.4, -0.2) is 24.2 Å². The molecule has 110 valence electrons. The predicted molar refractivity (Wildman–Crippen MR) is 90.0 cm³/mol. The van der Waals surface area contributed by atoms with Crippen LogP contribution in [0.25, 0.3) is 10.8 Å². The highest BCUT2D eigenvalue weighted by molar-refractivity contribution is 7.80. The van der Waals surface area contributed by atoms with Gasteiger partial charge in [0, 0.05) is 6.54 Å². The van der Waals surface area contributed by atoms with Crippen LogP contribution in [0.1, 0.15) is 5.56 Å². The fourth-order valence-electron chi connectivity index (χ4n) is 1.87. The van der Waals surface area contributed by atoms with E-state index in [-0.39, 0.29) is 5.96 Å². The number of fused-ring (bicyclic) bond motifs is 1. The van der Waals surface area contributed by atoms with Crippen molar-refractivity contribution in [3.8, 4) is 0 Å². The van der Waals surface area contributed by atoms with Crippen molar-refractivity contribution in [1.82, 2.24) is 5.32 Å². The molecule has 6 heteroatoms. The molecule has 0 radical (unpaired) electrons. The molecule has 0 amide bonds. The van der Waals surface area contributed by atoms with Crippen LogP contribution in [0.4, 0.5) is 0 Å². The molecule has 0 bridgehead atoms. The molecule has 2 aromatic rings. The fraction of sp³-hybridized carbons (Fsp3) is 0.200. The lowest BCUT2D eigenvalue weighted by atomic mass is 10.1. The van der Waals surface area contributed by atoms with Crippen molar-refractivity contribution in [3.63, 3.8) is 0 Å². The molecule has 2 aromatic carbocycles. The Labute approximate surface area is 129 Å². The molecule has 21 heavy (non-hydrogen) atoms. The molecule has 0 saturated heterocycles. The Kier molecular flexibility index (Phi) is 5.34. The molecule has 0 aliphatic carbocycles. The maximum Gasteiger partial charge on any atom is 0.257 e. The molecular formula is C15H18N4OS. The second kappa shape index (κ2) is 7.44. The first kappa shape index (κ1) is 15.1. The van der Waals surface area contributed by atoms with Crippen LogP contribution < -0.4 is 16.8 Å². The fourth-order valence-corrected chi connectivity index (χ4v) is 2.03. The minimum atomic E-state index is 0.0693. The van der Waals surface area contributed by atoms with Gasteiger partial charge in [-0.2, -0.15) is 0 Å². The van der Waals surface area contributed by atoms with E-state index in [2.05, 4.69) is 34.6 Å². The third-order valence-electron chi connectivity index (χ3n) is 2.86. The second-order valence-corrected chi connectivity index (χ2v) is 4.86. The Bertz CT molecular complexity index is 653. The van der Waals surface area contributed by atoms with Gasteiger partial charge in [0.25, 0.3) is 5.17 Å². The molecule has 0 aromatic heterocycles. The summed E-state index contributed by atoms with van der Waals surface area (Å²) in [6, 6.07) is 14.4. The van der Waals surface area contributed by atoms with Crippen molar-refractivity contribution in [3.05, 3.63) is 48.0 Å². The second-order valence-electron chi connectivity index (χ2n) is 4.49.